The number of rotatable bonds is 5. The molecule has 4 nitrogen and oxygen atoms in total. The first kappa shape index (κ1) is 15.3. The van der Waals surface area contributed by atoms with Crippen LogP contribution in [0.2, 0.25) is 10.2 Å². The Bertz CT molecular complexity index is 446. The minimum Gasteiger partial charge on any atom is -0.396 e. The Morgan fingerprint density at radius 2 is 2.17 bits per heavy atom. The van der Waals surface area contributed by atoms with Gasteiger partial charge >= 0.3 is 0 Å². The molecule has 1 heterocycles. The molecule has 1 rings (SSSR count). The maximum absolute atomic E-state index is 12.1. The van der Waals surface area contributed by atoms with Crippen LogP contribution in [-0.4, -0.2) is 27.7 Å². The molecule has 0 saturated heterocycles. The van der Waals surface area contributed by atoms with Crippen LogP contribution in [0.1, 0.15) is 37.2 Å². The lowest BCUT2D eigenvalue weighted by Gasteiger charge is -2.29. The molecule has 1 aromatic heterocycles. The highest BCUT2D eigenvalue weighted by molar-refractivity contribution is 6.41. The number of amides is 1. The summed E-state index contributed by atoms with van der Waals surface area (Å²) in [6.07, 6.45) is 1.23. The third-order valence-corrected chi connectivity index (χ3v) is 4.05. The summed E-state index contributed by atoms with van der Waals surface area (Å²) in [6, 6.07) is 1.54. The molecule has 1 atom stereocenters. The number of carbonyl (C=O) groups excluding carboxylic acids is 1. The molecule has 0 bridgehead atoms. The summed E-state index contributed by atoms with van der Waals surface area (Å²) in [5.41, 5.74) is -0.0303. The Hall–Kier alpha value is -0.710. The number of halogens is 2. The van der Waals surface area contributed by atoms with Crippen LogP contribution in [0.4, 0.5) is 0 Å². The number of nitrogens with zero attached hydrogens (tertiary/aromatic N) is 1. The minimum atomic E-state index is -0.435. The SMILES string of the molecule is CCC(C)(CCO)NC(=O)c1cc(Cl)c(Cl)n1C. The van der Waals surface area contributed by atoms with E-state index in [2.05, 4.69) is 5.32 Å². The van der Waals surface area contributed by atoms with Gasteiger partial charge in [0.15, 0.2) is 0 Å². The van der Waals surface area contributed by atoms with Crippen molar-refractivity contribution in [3.63, 3.8) is 0 Å². The van der Waals surface area contributed by atoms with E-state index in [4.69, 9.17) is 28.3 Å². The molecule has 0 aliphatic rings. The predicted molar refractivity (Wildman–Crippen MR) is 73.3 cm³/mol. The van der Waals surface area contributed by atoms with E-state index in [0.717, 1.165) is 6.42 Å². The molecule has 1 aromatic rings. The lowest BCUT2D eigenvalue weighted by atomic mass is 9.95. The largest absolute Gasteiger partial charge is 0.396 e. The molecule has 0 aliphatic heterocycles. The van der Waals surface area contributed by atoms with Crippen molar-refractivity contribution in [2.75, 3.05) is 6.61 Å². The molecular weight excluding hydrogens is 275 g/mol. The molecule has 6 heteroatoms. The summed E-state index contributed by atoms with van der Waals surface area (Å²) in [5, 5.41) is 12.6. The smallest absolute Gasteiger partial charge is 0.268 e. The van der Waals surface area contributed by atoms with Crippen molar-refractivity contribution >= 4 is 29.1 Å². The lowest BCUT2D eigenvalue weighted by Crippen LogP contribution is -2.46. The van der Waals surface area contributed by atoms with E-state index in [1.54, 1.807) is 7.05 Å². The molecule has 0 saturated carbocycles. The van der Waals surface area contributed by atoms with E-state index in [-0.39, 0.29) is 12.5 Å². The monoisotopic (exact) mass is 292 g/mol. The zero-order valence-electron chi connectivity index (χ0n) is 10.8. The van der Waals surface area contributed by atoms with E-state index in [1.165, 1.54) is 10.6 Å². The minimum absolute atomic E-state index is 0.0271. The summed E-state index contributed by atoms with van der Waals surface area (Å²) < 4.78 is 1.54. The number of aliphatic hydroxyl groups excluding tert-OH is 1. The van der Waals surface area contributed by atoms with Gasteiger partial charge in [0, 0.05) is 19.2 Å². The average molecular weight is 293 g/mol. The number of aromatic nitrogens is 1. The van der Waals surface area contributed by atoms with Gasteiger partial charge in [-0.25, -0.2) is 0 Å². The summed E-state index contributed by atoms with van der Waals surface area (Å²) in [7, 11) is 1.68. The first-order valence-corrected chi connectivity index (χ1v) is 6.54. The molecule has 2 N–H and O–H groups in total. The summed E-state index contributed by atoms with van der Waals surface area (Å²) >= 11 is 11.8. The fourth-order valence-corrected chi connectivity index (χ4v) is 2.05. The van der Waals surface area contributed by atoms with Crippen LogP contribution in [0, 0.1) is 0 Å². The zero-order valence-corrected chi connectivity index (χ0v) is 12.3. The van der Waals surface area contributed by atoms with Gasteiger partial charge in [0.05, 0.1) is 5.02 Å². The molecule has 0 spiro atoms. The van der Waals surface area contributed by atoms with Crippen LogP contribution < -0.4 is 5.32 Å². The highest BCUT2D eigenvalue weighted by Crippen LogP contribution is 2.25. The van der Waals surface area contributed by atoms with Crippen molar-refractivity contribution in [1.29, 1.82) is 0 Å². The van der Waals surface area contributed by atoms with Gasteiger partial charge in [-0.05, 0) is 25.8 Å². The van der Waals surface area contributed by atoms with Crippen molar-refractivity contribution in [2.45, 2.75) is 32.2 Å². The molecule has 1 amide bonds. The maximum atomic E-state index is 12.1. The lowest BCUT2D eigenvalue weighted by molar-refractivity contribution is 0.0878. The van der Waals surface area contributed by atoms with E-state index in [0.29, 0.717) is 22.3 Å². The first-order chi connectivity index (χ1) is 8.34. The molecule has 0 aliphatic carbocycles. The predicted octanol–water partition coefficient (Wildman–Crippen LogP) is 2.61. The highest BCUT2D eigenvalue weighted by atomic mass is 35.5. The normalized spacial score (nSPS) is 14.3. The van der Waals surface area contributed by atoms with Gasteiger partial charge in [-0.15, -0.1) is 0 Å². The van der Waals surface area contributed by atoms with Gasteiger partial charge in [0.25, 0.3) is 5.91 Å². The molecule has 0 radical (unpaired) electrons. The van der Waals surface area contributed by atoms with Gasteiger partial charge in [-0.3, -0.25) is 4.79 Å². The summed E-state index contributed by atoms with van der Waals surface area (Å²) in [5.74, 6) is -0.246. The first-order valence-electron chi connectivity index (χ1n) is 5.78. The third-order valence-electron chi connectivity index (χ3n) is 3.21. The summed E-state index contributed by atoms with van der Waals surface area (Å²) in [4.78, 5) is 12.1. The molecule has 1 unspecified atom stereocenters. The average Bonchev–Trinajstić information content (AvgIpc) is 2.57. The van der Waals surface area contributed by atoms with E-state index < -0.39 is 5.54 Å². The van der Waals surface area contributed by atoms with Crippen LogP contribution in [-0.2, 0) is 7.05 Å². The second-order valence-electron chi connectivity index (χ2n) is 4.57. The number of hydrogen-bond donors (Lipinski definition) is 2. The van der Waals surface area contributed by atoms with Crippen LogP contribution in [0.15, 0.2) is 6.07 Å². The van der Waals surface area contributed by atoms with Gasteiger partial charge in [0.1, 0.15) is 10.8 Å². The molecule has 18 heavy (non-hydrogen) atoms. The van der Waals surface area contributed by atoms with E-state index in [1.807, 2.05) is 13.8 Å². The van der Waals surface area contributed by atoms with Crippen LogP contribution >= 0.6 is 23.2 Å². The van der Waals surface area contributed by atoms with Crippen LogP contribution in [0.5, 0.6) is 0 Å². The fraction of sp³-hybridized carbons (Fsp3) is 0.583. The van der Waals surface area contributed by atoms with Crippen LogP contribution in [0.25, 0.3) is 0 Å². The third kappa shape index (κ3) is 3.19. The highest BCUT2D eigenvalue weighted by Gasteiger charge is 2.26. The van der Waals surface area contributed by atoms with Crippen molar-refractivity contribution in [3.8, 4) is 0 Å². The topological polar surface area (TPSA) is 54.3 Å². The van der Waals surface area contributed by atoms with Crippen molar-refractivity contribution in [1.82, 2.24) is 9.88 Å². The Balaban J connectivity index is 2.91. The number of nitrogens with one attached hydrogen (secondary N) is 1. The Morgan fingerprint density at radius 1 is 1.56 bits per heavy atom. The van der Waals surface area contributed by atoms with E-state index >= 15 is 0 Å². The number of hydrogen-bond acceptors (Lipinski definition) is 2. The van der Waals surface area contributed by atoms with Gasteiger partial charge in [-0.1, -0.05) is 30.1 Å². The second-order valence-corrected chi connectivity index (χ2v) is 5.33. The van der Waals surface area contributed by atoms with Crippen molar-refractivity contribution in [2.24, 2.45) is 7.05 Å². The van der Waals surface area contributed by atoms with Crippen LogP contribution in [0.3, 0.4) is 0 Å². The van der Waals surface area contributed by atoms with Gasteiger partial charge in [0.2, 0.25) is 0 Å². The molecule has 102 valence electrons. The Kier molecular flexibility index (Phi) is 5.08. The molecular formula is C12H18Cl2N2O2. The standard InChI is InChI=1S/C12H18Cl2N2O2/c1-4-12(2,5-6-17)15-11(18)9-7-8(13)10(14)16(9)3/h7,17H,4-6H2,1-3H3,(H,15,18). The maximum Gasteiger partial charge on any atom is 0.268 e. The summed E-state index contributed by atoms with van der Waals surface area (Å²) in [6.45, 7) is 3.88. The molecule has 0 fully saturated rings. The Labute approximate surface area is 117 Å². The second kappa shape index (κ2) is 5.95. The van der Waals surface area contributed by atoms with E-state index in [9.17, 15) is 4.79 Å². The number of carbonyl (C=O) groups is 1. The van der Waals surface area contributed by atoms with Gasteiger partial charge in [-0.2, -0.15) is 0 Å². The number of aliphatic hydroxyl groups is 1. The fourth-order valence-electron chi connectivity index (χ4n) is 1.67. The quantitative estimate of drug-likeness (QED) is 0.876. The molecule has 0 aromatic carbocycles. The zero-order chi connectivity index (χ0) is 13.9. The van der Waals surface area contributed by atoms with Crippen molar-refractivity contribution < 1.29 is 9.90 Å². The van der Waals surface area contributed by atoms with Crippen molar-refractivity contribution in [3.05, 3.63) is 21.9 Å². The van der Waals surface area contributed by atoms with Gasteiger partial charge < -0.3 is 15.0 Å². The Morgan fingerprint density at radius 3 is 2.56 bits per heavy atom.